The molecular formula is C23H16N2S. The fourth-order valence-corrected chi connectivity index (χ4v) is 4.23. The first kappa shape index (κ1) is 15.2. The Bertz CT molecular complexity index is 1160. The summed E-state index contributed by atoms with van der Waals surface area (Å²) >= 11 is 1.80. The van der Waals surface area contributed by atoms with E-state index in [4.69, 9.17) is 0 Å². The minimum Gasteiger partial charge on any atom is -0.354 e. The molecule has 0 fully saturated rings. The Kier molecular flexibility index (Phi) is 3.54. The van der Waals surface area contributed by atoms with Gasteiger partial charge in [0.25, 0.3) is 0 Å². The van der Waals surface area contributed by atoms with Crippen molar-refractivity contribution in [2.45, 2.75) is 9.79 Å². The Labute approximate surface area is 156 Å². The van der Waals surface area contributed by atoms with Gasteiger partial charge in [0.2, 0.25) is 0 Å². The lowest BCUT2D eigenvalue weighted by Gasteiger charge is -2.21. The number of rotatable bonds is 2. The van der Waals surface area contributed by atoms with Gasteiger partial charge < -0.3 is 5.32 Å². The summed E-state index contributed by atoms with van der Waals surface area (Å²) in [6.07, 6.45) is 1.82. The first-order valence-electron chi connectivity index (χ1n) is 8.50. The highest BCUT2D eigenvalue weighted by atomic mass is 32.2. The summed E-state index contributed by atoms with van der Waals surface area (Å²) in [5.74, 6) is 0. The monoisotopic (exact) mass is 352 g/mol. The number of aromatic nitrogens is 1. The molecule has 0 atom stereocenters. The first-order valence-corrected chi connectivity index (χ1v) is 9.32. The Morgan fingerprint density at radius 2 is 1.62 bits per heavy atom. The van der Waals surface area contributed by atoms with Gasteiger partial charge in [-0.3, -0.25) is 4.98 Å². The number of para-hydroxylation sites is 1. The van der Waals surface area contributed by atoms with Crippen LogP contribution >= 0.6 is 11.8 Å². The van der Waals surface area contributed by atoms with Crippen molar-refractivity contribution in [3.63, 3.8) is 0 Å². The standard InChI is InChI=1S/C23H16N2S/c1-15(16-8-10-19-18(13-16)5-4-12-24-19)17-9-11-23-21(14-17)25-20-6-2-3-7-22(20)26-23/h2-14,25H,1H2. The van der Waals surface area contributed by atoms with E-state index < -0.39 is 0 Å². The second-order valence-electron chi connectivity index (χ2n) is 6.32. The zero-order valence-corrected chi connectivity index (χ0v) is 14.9. The van der Waals surface area contributed by atoms with Crippen molar-refractivity contribution in [2.75, 3.05) is 5.32 Å². The van der Waals surface area contributed by atoms with Crippen molar-refractivity contribution in [3.05, 3.63) is 96.7 Å². The molecule has 0 spiro atoms. The Hall–Kier alpha value is -3.04. The molecule has 0 unspecified atom stereocenters. The molecule has 4 aromatic rings. The van der Waals surface area contributed by atoms with Crippen LogP contribution in [0.15, 0.2) is 95.4 Å². The number of nitrogens with zero attached hydrogens (tertiary/aromatic N) is 1. The molecule has 1 aliphatic rings. The number of pyridine rings is 1. The van der Waals surface area contributed by atoms with E-state index in [2.05, 4.69) is 83.6 Å². The zero-order chi connectivity index (χ0) is 17.5. The van der Waals surface area contributed by atoms with E-state index in [-0.39, 0.29) is 0 Å². The third kappa shape index (κ3) is 2.57. The molecule has 124 valence electrons. The highest BCUT2D eigenvalue weighted by Gasteiger charge is 2.16. The topological polar surface area (TPSA) is 24.9 Å². The van der Waals surface area contributed by atoms with Gasteiger partial charge in [-0.15, -0.1) is 0 Å². The predicted octanol–water partition coefficient (Wildman–Crippen LogP) is 6.50. The van der Waals surface area contributed by atoms with E-state index in [9.17, 15) is 0 Å². The molecule has 5 rings (SSSR count). The minimum absolute atomic E-state index is 1.00. The second kappa shape index (κ2) is 6.04. The van der Waals surface area contributed by atoms with E-state index in [1.807, 2.05) is 12.3 Å². The molecule has 2 heterocycles. The van der Waals surface area contributed by atoms with Gasteiger partial charge in [0.15, 0.2) is 0 Å². The van der Waals surface area contributed by atoms with Crippen LogP contribution in [0.1, 0.15) is 11.1 Å². The summed E-state index contributed by atoms with van der Waals surface area (Å²) in [6, 6.07) is 25.3. The van der Waals surface area contributed by atoms with Crippen molar-refractivity contribution in [2.24, 2.45) is 0 Å². The molecule has 0 saturated heterocycles. The van der Waals surface area contributed by atoms with Crippen LogP contribution in [0.4, 0.5) is 11.4 Å². The molecule has 0 aliphatic carbocycles. The SMILES string of the molecule is C=C(c1ccc2c(c1)Nc1ccccc1S2)c1ccc2ncccc2c1. The van der Waals surface area contributed by atoms with Crippen LogP contribution in [0.2, 0.25) is 0 Å². The van der Waals surface area contributed by atoms with Crippen LogP contribution in [0.5, 0.6) is 0 Å². The largest absolute Gasteiger partial charge is 0.354 e. The van der Waals surface area contributed by atoms with Gasteiger partial charge in [-0.2, -0.15) is 0 Å². The second-order valence-corrected chi connectivity index (χ2v) is 7.41. The maximum absolute atomic E-state index is 4.39. The van der Waals surface area contributed by atoms with Crippen LogP contribution in [-0.2, 0) is 0 Å². The van der Waals surface area contributed by atoms with E-state index in [0.717, 1.165) is 39.0 Å². The number of anilines is 2. The van der Waals surface area contributed by atoms with Gasteiger partial charge in [0, 0.05) is 21.4 Å². The first-order chi connectivity index (χ1) is 12.8. The highest BCUT2D eigenvalue weighted by molar-refractivity contribution is 7.99. The molecule has 1 aliphatic heterocycles. The van der Waals surface area contributed by atoms with Gasteiger partial charge in [0.1, 0.15) is 0 Å². The number of hydrogen-bond donors (Lipinski definition) is 1. The normalized spacial score (nSPS) is 12.2. The van der Waals surface area contributed by atoms with Gasteiger partial charge >= 0.3 is 0 Å². The van der Waals surface area contributed by atoms with E-state index >= 15 is 0 Å². The van der Waals surface area contributed by atoms with E-state index in [1.54, 1.807) is 11.8 Å². The van der Waals surface area contributed by atoms with Crippen molar-refractivity contribution >= 4 is 39.6 Å². The lowest BCUT2D eigenvalue weighted by molar-refractivity contribution is 1.31. The lowest BCUT2D eigenvalue weighted by atomic mass is 9.97. The fraction of sp³-hybridized carbons (Fsp3) is 0. The van der Waals surface area contributed by atoms with Crippen LogP contribution in [-0.4, -0.2) is 4.98 Å². The molecule has 1 aromatic heterocycles. The number of hydrogen-bond acceptors (Lipinski definition) is 3. The molecule has 0 amide bonds. The maximum atomic E-state index is 4.39. The van der Waals surface area contributed by atoms with Crippen molar-refractivity contribution in [3.8, 4) is 0 Å². The third-order valence-electron chi connectivity index (χ3n) is 4.66. The summed E-state index contributed by atoms with van der Waals surface area (Å²) in [5, 5.41) is 4.68. The Balaban J connectivity index is 1.51. The molecule has 3 heteroatoms. The molecule has 3 aromatic carbocycles. The van der Waals surface area contributed by atoms with Crippen molar-refractivity contribution in [1.29, 1.82) is 0 Å². The number of nitrogens with one attached hydrogen (secondary N) is 1. The molecule has 0 bridgehead atoms. The van der Waals surface area contributed by atoms with Crippen LogP contribution < -0.4 is 5.32 Å². The number of fused-ring (bicyclic) bond motifs is 3. The van der Waals surface area contributed by atoms with Gasteiger partial charge in [-0.1, -0.05) is 48.7 Å². The van der Waals surface area contributed by atoms with Crippen molar-refractivity contribution in [1.82, 2.24) is 4.98 Å². The smallest absolute Gasteiger partial charge is 0.0702 e. The van der Waals surface area contributed by atoms with Gasteiger partial charge in [0.05, 0.1) is 16.9 Å². The van der Waals surface area contributed by atoms with Crippen molar-refractivity contribution < 1.29 is 0 Å². The summed E-state index contributed by atoms with van der Waals surface area (Å²) in [4.78, 5) is 6.89. The average Bonchev–Trinajstić information content (AvgIpc) is 2.71. The van der Waals surface area contributed by atoms with E-state index in [0.29, 0.717) is 0 Å². The molecule has 0 saturated carbocycles. The molecule has 0 radical (unpaired) electrons. The molecule has 2 nitrogen and oxygen atoms in total. The Morgan fingerprint density at radius 1 is 0.808 bits per heavy atom. The number of benzene rings is 3. The average molecular weight is 352 g/mol. The Morgan fingerprint density at radius 3 is 2.58 bits per heavy atom. The van der Waals surface area contributed by atoms with Gasteiger partial charge in [-0.25, -0.2) is 0 Å². The summed E-state index contributed by atoms with van der Waals surface area (Å²) < 4.78 is 0. The maximum Gasteiger partial charge on any atom is 0.0702 e. The van der Waals surface area contributed by atoms with Gasteiger partial charge in [-0.05, 0) is 59.2 Å². The quantitative estimate of drug-likeness (QED) is 0.392. The van der Waals surface area contributed by atoms with E-state index in [1.165, 1.54) is 9.79 Å². The molecular weight excluding hydrogens is 336 g/mol. The lowest BCUT2D eigenvalue weighted by Crippen LogP contribution is -2.00. The fourth-order valence-electron chi connectivity index (χ4n) is 3.26. The summed E-state index contributed by atoms with van der Waals surface area (Å²) in [7, 11) is 0. The van der Waals surface area contributed by atoms with Crippen LogP contribution in [0, 0.1) is 0 Å². The summed E-state index contributed by atoms with van der Waals surface area (Å²) in [6.45, 7) is 4.34. The predicted molar refractivity (Wildman–Crippen MR) is 110 cm³/mol. The zero-order valence-electron chi connectivity index (χ0n) is 14.1. The summed E-state index contributed by atoms with van der Waals surface area (Å²) in [5.41, 5.74) is 6.56. The third-order valence-corrected chi connectivity index (χ3v) is 5.81. The van der Waals surface area contributed by atoms with Crippen LogP contribution in [0.25, 0.3) is 16.5 Å². The molecule has 26 heavy (non-hydrogen) atoms. The molecule has 1 N–H and O–H groups in total. The minimum atomic E-state index is 1.00. The highest BCUT2D eigenvalue weighted by Crippen LogP contribution is 2.44. The van der Waals surface area contributed by atoms with Crippen LogP contribution in [0.3, 0.4) is 0 Å².